The highest BCUT2D eigenvalue weighted by molar-refractivity contribution is 7.09. The molecule has 8 nitrogen and oxygen atoms in total. The van der Waals surface area contributed by atoms with Gasteiger partial charge in [-0.3, -0.25) is 9.59 Å². The number of aryl methyl sites for hydroxylation is 1. The minimum atomic E-state index is 0.0802. The van der Waals surface area contributed by atoms with E-state index in [2.05, 4.69) is 10.3 Å². The molecule has 0 spiro atoms. The number of carbonyl (C=O) groups excluding carboxylic acids is 2. The van der Waals surface area contributed by atoms with Crippen LogP contribution in [0, 0.1) is 6.92 Å². The first-order valence-electron chi connectivity index (χ1n) is 10.5. The van der Waals surface area contributed by atoms with Gasteiger partial charge in [0.25, 0.3) is 0 Å². The quantitative estimate of drug-likeness (QED) is 0.802. The maximum atomic E-state index is 12.6. The molecule has 2 aliphatic rings. The standard InChI is InChI=1S/C21H28N6O2S/c1-13-23-16(12-30-13)10-19(29)26-7-4-15(5-8-26)20-24-18-6-9-27(14(2)28)11-17(18)21(22-3)25-20/h12,15H,4-11H2,1-3H3,(H,22,24,25). The zero-order chi connectivity index (χ0) is 21.3. The van der Waals surface area contributed by atoms with Crippen LogP contribution in [-0.2, 0) is 29.0 Å². The lowest BCUT2D eigenvalue weighted by molar-refractivity contribution is -0.131. The number of piperidine rings is 1. The number of hydrogen-bond donors (Lipinski definition) is 1. The molecule has 2 aromatic heterocycles. The number of fused-ring (bicyclic) bond motifs is 1. The van der Waals surface area contributed by atoms with E-state index in [0.717, 1.165) is 66.0 Å². The maximum Gasteiger partial charge on any atom is 0.228 e. The van der Waals surface area contributed by atoms with E-state index >= 15 is 0 Å². The second-order valence-corrected chi connectivity index (χ2v) is 9.05. The first-order valence-corrected chi connectivity index (χ1v) is 11.3. The second-order valence-electron chi connectivity index (χ2n) is 7.99. The van der Waals surface area contributed by atoms with Crippen LogP contribution in [0.25, 0.3) is 0 Å². The van der Waals surface area contributed by atoms with Crippen molar-refractivity contribution in [2.45, 2.75) is 52.0 Å². The molecule has 4 rings (SSSR count). The van der Waals surface area contributed by atoms with Crippen molar-refractivity contribution >= 4 is 29.0 Å². The summed E-state index contributed by atoms with van der Waals surface area (Å²) >= 11 is 1.58. The van der Waals surface area contributed by atoms with Crippen LogP contribution in [0.1, 0.15) is 53.5 Å². The number of rotatable bonds is 4. The number of hydrogen-bond acceptors (Lipinski definition) is 7. The first kappa shape index (κ1) is 20.7. The van der Waals surface area contributed by atoms with Gasteiger partial charge in [0, 0.05) is 56.9 Å². The Morgan fingerprint density at radius 2 is 1.93 bits per heavy atom. The molecule has 0 bridgehead atoms. The molecule has 4 heterocycles. The fourth-order valence-electron chi connectivity index (χ4n) is 4.23. The Morgan fingerprint density at radius 3 is 2.57 bits per heavy atom. The van der Waals surface area contributed by atoms with Crippen molar-refractivity contribution in [3.05, 3.63) is 33.2 Å². The summed E-state index contributed by atoms with van der Waals surface area (Å²) in [6.45, 7) is 6.26. The summed E-state index contributed by atoms with van der Waals surface area (Å²) in [5.74, 6) is 2.15. The lowest BCUT2D eigenvalue weighted by Crippen LogP contribution is -2.39. The van der Waals surface area contributed by atoms with Crippen LogP contribution in [0.2, 0.25) is 0 Å². The van der Waals surface area contributed by atoms with E-state index in [4.69, 9.17) is 9.97 Å². The third-order valence-electron chi connectivity index (χ3n) is 5.97. The highest BCUT2D eigenvalue weighted by Crippen LogP contribution is 2.30. The zero-order valence-corrected chi connectivity index (χ0v) is 18.6. The third-order valence-corrected chi connectivity index (χ3v) is 6.79. The van der Waals surface area contributed by atoms with Crippen molar-refractivity contribution < 1.29 is 9.59 Å². The summed E-state index contributed by atoms with van der Waals surface area (Å²) in [5.41, 5.74) is 2.93. The number of likely N-dealkylation sites (tertiary alicyclic amines) is 1. The smallest absolute Gasteiger partial charge is 0.228 e. The van der Waals surface area contributed by atoms with Crippen molar-refractivity contribution in [1.29, 1.82) is 0 Å². The molecule has 2 amide bonds. The number of nitrogens with zero attached hydrogens (tertiary/aromatic N) is 5. The highest BCUT2D eigenvalue weighted by atomic mass is 32.1. The van der Waals surface area contributed by atoms with Crippen molar-refractivity contribution in [3.63, 3.8) is 0 Å². The van der Waals surface area contributed by atoms with Crippen molar-refractivity contribution in [1.82, 2.24) is 24.8 Å². The first-order chi connectivity index (χ1) is 14.4. The van der Waals surface area contributed by atoms with Gasteiger partial charge in [0.1, 0.15) is 11.6 Å². The van der Waals surface area contributed by atoms with Crippen LogP contribution >= 0.6 is 11.3 Å². The molecule has 0 unspecified atom stereocenters. The van der Waals surface area contributed by atoms with Crippen LogP contribution in [-0.4, -0.2) is 63.2 Å². The minimum absolute atomic E-state index is 0.0802. The van der Waals surface area contributed by atoms with Crippen molar-refractivity contribution in [2.24, 2.45) is 0 Å². The minimum Gasteiger partial charge on any atom is -0.373 e. The SMILES string of the molecule is CNc1nc(C2CCN(C(=O)Cc3csc(C)n3)CC2)nc2c1CN(C(C)=O)CC2. The van der Waals surface area contributed by atoms with Crippen molar-refractivity contribution in [3.8, 4) is 0 Å². The molecule has 2 aromatic rings. The van der Waals surface area contributed by atoms with Gasteiger partial charge in [-0.05, 0) is 19.8 Å². The van der Waals surface area contributed by atoms with Gasteiger partial charge in [-0.1, -0.05) is 0 Å². The van der Waals surface area contributed by atoms with Crippen LogP contribution in [0.4, 0.5) is 5.82 Å². The number of anilines is 1. The van der Waals surface area contributed by atoms with Crippen LogP contribution < -0.4 is 5.32 Å². The zero-order valence-electron chi connectivity index (χ0n) is 17.8. The Morgan fingerprint density at radius 1 is 1.17 bits per heavy atom. The molecule has 1 N–H and O–H groups in total. The molecule has 1 saturated heterocycles. The molecular weight excluding hydrogens is 400 g/mol. The van der Waals surface area contributed by atoms with E-state index < -0.39 is 0 Å². The average Bonchev–Trinajstić information content (AvgIpc) is 3.17. The van der Waals surface area contributed by atoms with Crippen LogP contribution in [0.15, 0.2) is 5.38 Å². The van der Waals surface area contributed by atoms with E-state index in [1.165, 1.54) is 0 Å². The van der Waals surface area contributed by atoms with Gasteiger partial charge in [0.15, 0.2) is 0 Å². The molecule has 0 aromatic carbocycles. The van der Waals surface area contributed by atoms with Gasteiger partial charge >= 0.3 is 0 Å². The Bertz CT molecular complexity index is 934. The summed E-state index contributed by atoms with van der Waals surface area (Å²) in [7, 11) is 1.86. The molecule has 160 valence electrons. The number of carbonyl (C=O) groups is 2. The number of amides is 2. The molecule has 30 heavy (non-hydrogen) atoms. The van der Waals surface area contributed by atoms with E-state index in [1.54, 1.807) is 18.3 Å². The third kappa shape index (κ3) is 4.30. The Balaban J connectivity index is 1.42. The summed E-state index contributed by atoms with van der Waals surface area (Å²) < 4.78 is 0. The van der Waals surface area contributed by atoms with Gasteiger partial charge in [0.2, 0.25) is 11.8 Å². The summed E-state index contributed by atoms with van der Waals surface area (Å²) in [6.07, 6.45) is 2.86. The number of aromatic nitrogens is 3. The van der Waals surface area contributed by atoms with E-state index in [-0.39, 0.29) is 17.7 Å². The Hall–Kier alpha value is -2.55. The second kappa shape index (κ2) is 8.67. The molecule has 0 saturated carbocycles. The monoisotopic (exact) mass is 428 g/mol. The Kier molecular flexibility index (Phi) is 5.99. The Labute approximate surface area is 180 Å². The van der Waals surface area contributed by atoms with E-state index in [1.807, 2.05) is 29.2 Å². The van der Waals surface area contributed by atoms with Crippen LogP contribution in [0.3, 0.4) is 0 Å². The van der Waals surface area contributed by atoms with Gasteiger partial charge in [-0.15, -0.1) is 11.3 Å². The van der Waals surface area contributed by atoms with Gasteiger partial charge in [-0.25, -0.2) is 15.0 Å². The van der Waals surface area contributed by atoms with E-state index in [9.17, 15) is 9.59 Å². The van der Waals surface area contributed by atoms with Crippen LogP contribution in [0.5, 0.6) is 0 Å². The highest BCUT2D eigenvalue weighted by Gasteiger charge is 2.29. The predicted molar refractivity (Wildman–Crippen MR) is 115 cm³/mol. The number of thiazole rings is 1. The van der Waals surface area contributed by atoms with Crippen molar-refractivity contribution in [2.75, 3.05) is 32.0 Å². The predicted octanol–water partition coefficient (Wildman–Crippen LogP) is 2.14. The molecule has 0 aliphatic carbocycles. The lowest BCUT2D eigenvalue weighted by Gasteiger charge is -2.33. The van der Waals surface area contributed by atoms with E-state index in [0.29, 0.717) is 19.5 Å². The molecule has 0 radical (unpaired) electrons. The molecule has 1 fully saturated rings. The van der Waals surface area contributed by atoms with Gasteiger partial charge < -0.3 is 15.1 Å². The normalized spacial score (nSPS) is 17.0. The largest absolute Gasteiger partial charge is 0.373 e. The number of nitrogens with one attached hydrogen (secondary N) is 1. The summed E-state index contributed by atoms with van der Waals surface area (Å²) in [6, 6.07) is 0. The summed E-state index contributed by atoms with van der Waals surface area (Å²) in [5, 5.41) is 6.15. The average molecular weight is 429 g/mol. The topological polar surface area (TPSA) is 91.3 Å². The molecule has 9 heteroatoms. The molecular formula is C21H28N6O2S. The molecule has 0 atom stereocenters. The summed E-state index contributed by atoms with van der Waals surface area (Å²) in [4.78, 5) is 42.2. The van der Waals surface area contributed by atoms with Gasteiger partial charge in [-0.2, -0.15) is 0 Å². The molecule has 2 aliphatic heterocycles. The van der Waals surface area contributed by atoms with Gasteiger partial charge in [0.05, 0.1) is 29.4 Å². The fourth-order valence-corrected chi connectivity index (χ4v) is 4.85. The lowest BCUT2D eigenvalue weighted by atomic mass is 9.94. The maximum absolute atomic E-state index is 12.6. The fraction of sp³-hybridized carbons (Fsp3) is 0.571.